The normalized spacial score (nSPS) is 10.8. The zero-order valence-corrected chi connectivity index (χ0v) is 9.76. The van der Waals surface area contributed by atoms with Crippen molar-refractivity contribution in [3.05, 3.63) is 22.2 Å². The van der Waals surface area contributed by atoms with Crippen molar-refractivity contribution < 1.29 is 0 Å². The molecule has 0 unspecified atom stereocenters. The van der Waals surface area contributed by atoms with E-state index in [1.165, 1.54) is 5.69 Å². The molecule has 0 bridgehead atoms. The summed E-state index contributed by atoms with van der Waals surface area (Å²) in [5.41, 5.74) is 1.17. The minimum Gasteiger partial charge on any atom is -0.346 e. The number of nitrogens with zero attached hydrogens (tertiary/aromatic N) is 1. The SMILES string of the molecule is CSCc1nc(=S)cc(C(C)C)[nH]1. The lowest BCUT2D eigenvalue weighted by molar-refractivity contribution is 0.797. The number of nitrogens with one attached hydrogen (secondary N) is 1. The van der Waals surface area contributed by atoms with Crippen LogP contribution < -0.4 is 0 Å². The van der Waals surface area contributed by atoms with Crippen LogP contribution in [0.4, 0.5) is 0 Å². The summed E-state index contributed by atoms with van der Waals surface area (Å²) < 4.78 is 0.687. The average molecular weight is 214 g/mol. The van der Waals surface area contributed by atoms with Gasteiger partial charge in [-0.05, 0) is 18.2 Å². The fourth-order valence-electron chi connectivity index (χ4n) is 1.05. The maximum atomic E-state index is 5.08. The molecule has 1 N–H and O–H groups in total. The number of rotatable bonds is 3. The van der Waals surface area contributed by atoms with Crippen molar-refractivity contribution in [1.29, 1.82) is 0 Å². The molecule has 0 amide bonds. The summed E-state index contributed by atoms with van der Waals surface area (Å²) in [7, 11) is 0. The Kier molecular flexibility index (Phi) is 3.93. The molecule has 0 aromatic carbocycles. The van der Waals surface area contributed by atoms with Crippen molar-refractivity contribution in [2.45, 2.75) is 25.5 Å². The van der Waals surface area contributed by atoms with E-state index in [-0.39, 0.29) is 0 Å². The highest BCUT2D eigenvalue weighted by Gasteiger charge is 2.01. The summed E-state index contributed by atoms with van der Waals surface area (Å²) in [5.74, 6) is 2.35. The molecular formula is C9H14N2S2. The topological polar surface area (TPSA) is 28.7 Å². The van der Waals surface area contributed by atoms with Gasteiger partial charge in [-0.1, -0.05) is 26.1 Å². The lowest BCUT2D eigenvalue weighted by Gasteiger charge is -2.07. The molecule has 1 rings (SSSR count). The second-order valence-corrected chi connectivity index (χ2v) is 4.49. The number of hydrogen-bond donors (Lipinski definition) is 1. The highest BCUT2D eigenvalue weighted by atomic mass is 32.2. The zero-order chi connectivity index (χ0) is 9.84. The van der Waals surface area contributed by atoms with E-state index in [4.69, 9.17) is 12.2 Å². The third-order valence-electron chi connectivity index (χ3n) is 1.72. The molecule has 72 valence electrons. The molecule has 0 aliphatic carbocycles. The Morgan fingerprint density at radius 1 is 1.62 bits per heavy atom. The predicted molar refractivity (Wildman–Crippen MR) is 60.7 cm³/mol. The molecule has 2 nitrogen and oxygen atoms in total. The molecule has 0 aliphatic rings. The maximum absolute atomic E-state index is 5.08. The predicted octanol–water partition coefficient (Wildman–Crippen LogP) is 3.13. The van der Waals surface area contributed by atoms with Gasteiger partial charge in [-0.15, -0.1) is 0 Å². The quantitative estimate of drug-likeness (QED) is 0.784. The summed E-state index contributed by atoms with van der Waals surface area (Å²) in [6.07, 6.45) is 2.06. The molecule has 0 spiro atoms. The number of aromatic amines is 1. The van der Waals surface area contributed by atoms with Gasteiger partial charge in [0.15, 0.2) is 0 Å². The first-order valence-corrected chi connectivity index (χ1v) is 6.02. The molecule has 0 radical (unpaired) electrons. The summed E-state index contributed by atoms with van der Waals surface area (Å²) in [5, 5.41) is 0. The van der Waals surface area contributed by atoms with Gasteiger partial charge in [0.1, 0.15) is 10.5 Å². The Bertz CT molecular complexity index is 331. The molecule has 0 atom stereocenters. The Morgan fingerprint density at radius 3 is 2.85 bits per heavy atom. The summed E-state index contributed by atoms with van der Waals surface area (Å²) in [6.45, 7) is 4.28. The lowest BCUT2D eigenvalue weighted by atomic mass is 10.1. The summed E-state index contributed by atoms with van der Waals surface area (Å²) >= 11 is 6.82. The highest BCUT2D eigenvalue weighted by molar-refractivity contribution is 7.97. The van der Waals surface area contributed by atoms with Crippen LogP contribution in [0, 0.1) is 4.64 Å². The lowest BCUT2D eigenvalue weighted by Crippen LogP contribution is -1.99. The van der Waals surface area contributed by atoms with Gasteiger partial charge in [-0.25, -0.2) is 4.98 Å². The zero-order valence-electron chi connectivity index (χ0n) is 8.13. The number of hydrogen-bond acceptors (Lipinski definition) is 3. The molecule has 0 saturated heterocycles. The van der Waals surface area contributed by atoms with E-state index in [0.29, 0.717) is 10.6 Å². The van der Waals surface area contributed by atoms with Crippen molar-refractivity contribution >= 4 is 24.0 Å². The minimum atomic E-state index is 0.477. The molecule has 1 heterocycles. The van der Waals surface area contributed by atoms with Crippen molar-refractivity contribution in [3.63, 3.8) is 0 Å². The summed E-state index contributed by atoms with van der Waals surface area (Å²) in [4.78, 5) is 7.53. The Balaban J connectivity index is 3.04. The standard InChI is InChI=1S/C9H14N2S2/c1-6(2)7-4-9(12)11-8(10-7)5-13-3/h4,6H,5H2,1-3H3,(H,10,11,12). The molecule has 0 aliphatic heterocycles. The van der Waals surface area contributed by atoms with E-state index in [9.17, 15) is 0 Å². The van der Waals surface area contributed by atoms with Crippen LogP contribution in [0.25, 0.3) is 0 Å². The van der Waals surface area contributed by atoms with Gasteiger partial charge in [0, 0.05) is 5.69 Å². The summed E-state index contributed by atoms with van der Waals surface area (Å²) in [6, 6.07) is 1.93. The van der Waals surface area contributed by atoms with Crippen LogP contribution in [0.15, 0.2) is 6.07 Å². The van der Waals surface area contributed by atoms with E-state index in [1.54, 1.807) is 11.8 Å². The highest BCUT2D eigenvalue weighted by Crippen LogP contribution is 2.12. The molecule has 13 heavy (non-hydrogen) atoms. The number of thioether (sulfide) groups is 1. The molecule has 4 heteroatoms. The van der Waals surface area contributed by atoms with Gasteiger partial charge in [0.25, 0.3) is 0 Å². The van der Waals surface area contributed by atoms with E-state index >= 15 is 0 Å². The van der Waals surface area contributed by atoms with E-state index in [1.807, 2.05) is 6.07 Å². The van der Waals surface area contributed by atoms with Crippen molar-refractivity contribution in [1.82, 2.24) is 9.97 Å². The maximum Gasteiger partial charge on any atom is 0.130 e. The van der Waals surface area contributed by atoms with E-state index in [0.717, 1.165) is 11.6 Å². The van der Waals surface area contributed by atoms with Crippen LogP contribution in [-0.4, -0.2) is 16.2 Å². The van der Waals surface area contributed by atoms with E-state index < -0.39 is 0 Å². The Labute approximate surface area is 88.2 Å². The van der Waals surface area contributed by atoms with Crippen LogP contribution >= 0.6 is 24.0 Å². The fraction of sp³-hybridized carbons (Fsp3) is 0.556. The smallest absolute Gasteiger partial charge is 0.130 e. The minimum absolute atomic E-state index is 0.477. The third kappa shape index (κ3) is 3.12. The fourth-order valence-corrected chi connectivity index (χ4v) is 1.69. The van der Waals surface area contributed by atoms with Gasteiger partial charge in [-0.3, -0.25) is 0 Å². The Hall–Kier alpha value is -0.350. The van der Waals surface area contributed by atoms with Gasteiger partial charge in [0.2, 0.25) is 0 Å². The Morgan fingerprint density at radius 2 is 2.31 bits per heavy atom. The van der Waals surface area contributed by atoms with Crippen LogP contribution in [0.1, 0.15) is 31.3 Å². The van der Waals surface area contributed by atoms with Crippen molar-refractivity contribution in [3.8, 4) is 0 Å². The first kappa shape index (κ1) is 10.7. The van der Waals surface area contributed by atoms with Gasteiger partial charge < -0.3 is 4.98 Å². The second kappa shape index (κ2) is 4.77. The molecule has 1 aromatic rings. The number of aromatic nitrogens is 2. The molecule has 0 fully saturated rings. The molecular weight excluding hydrogens is 200 g/mol. The monoisotopic (exact) mass is 214 g/mol. The van der Waals surface area contributed by atoms with Gasteiger partial charge in [-0.2, -0.15) is 11.8 Å². The second-order valence-electron chi connectivity index (χ2n) is 3.21. The van der Waals surface area contributed by atoms with E-state index in [2.05, 4.69) is 30.1 Å². The molecule has 0 saturated carbocycles. The average Bonchev–Trinajstić information content (AvgIpc) is 2.03. The van der Waals surface area contributed by atoms with Crippen LogP contribution in [-0.2, 0) is 5.75 Å². The molecule has 1 aromatic heterocycles. The van der Waals surface area contributed by atoms with Crippen molar-refractivity contribution in [2.75, 3.05) is 6.26 Å². The largest absolute Gasteiger partial charge is 0.346 e. The van der Waals surface area contributed by atoms with Crippen molar-refractivity contribution in [2.24, 2.45) is 0 Å². The first-order valence-electron chi connectivity index (χ1n) is 4.22. The number of H-pyrrole nitrogens is 1. The van der Waals surface area contributed by atoms with Gasteiger partial charge >= 0.3 is 0 Å². The van der Waals surface area contributed by atoms with Crippen LogP contribution in [0.2, 0.25) is 0 Å². The van der Waals surface area contributed by atoms with Crippen LogP contribution in [0.3, 0.4) is 0 Å². The third-order valence-corrected chi connectivity index (χ3v) is 2.49. The van der Waals surface area contributed by atoms with Gasteiger partial charge in [0.05, 0.1) is 5.75 Å². The first-order chi connectivity index (χ1) is 6.13. The van der Waals surface area contributed by atoms with Crippen LogP contribution in [0.5, 0.6) is 0 Å².